The second kappa shape index (κ2) is 3.44. The molecule has 15 heavy (non-hydrogen) atoms. The molecule has 0 aliphatic heterocycles. The van der Waals surface area contributed by atoms with Crippen LogP contribution in [0.3, 0.4) is 0 Å². The van der Waals surface area contributed by atoms with E-state index < -0.39 is 0 Å². The van der Waals surface area contributed by atoms with E-state index in [1.807, 2.05) is 6.92 Å². The lowest BCUT2D eigenvalue weighted by Crippen LogP contribution is -2.15. The minimum Gasteiger partial charge on any atom is -0.294 e. The SMILES string of the molecule is CCC1(C(=O)c2ccc(F)c(C)c2)CC1. The van der Waals surface area contributed by atoms with Crippen molar-refractivity contribution in [3.63, 3.8) is 0 Å². The Morgan fingerprint density at radius 2 is 2.13 bits per heavy atom. The summed E-state index contributed by atoms with van der Waals surface area (Å²) in [6, 6.07) is 4.64. The van der Waals surface area contributed by atoms with Crippen LogP contribution in [0.4, 0.5) is 4.39 Å². The number of hydrogen-bond donors (Lipinski definition) is 0. The van der Waals surface area contributed by atoms with Gasteiger partial charge in [-0.15, -0.1) is 0 Å². The van der Waals surface area contributed by atoms with Crippen LogP contribution in [0.1, 0.15) is 42.1 Å². The third kappa shape index (κ3) is 1.69. The zero-order valence-corrected chi connectivity index (χ0v) is 9.14. The number of ketones is 1. The second-order valence-corrected chi connectivity index (χ2v) is 4.43. The molecule has 0 N–H and O–H groups in total. The van der Waals surface area contributed by atoms with E-state index in [0.29, 0.717) is 11.1 Å². The van der Waals surface area contributed by atoms with Gasteiger partial charge in [0.05, 0.1) is 0 Å². The van der Waals surface area contributed by atoms with Gasteiger partial charge in [0.2, 0.25) is 0 Å². The molecule has 0 aromatic heterocycles. The predicted octanol–water partition coefficient (Wildman–Crippen LogP) is 3.51. The standard InChI is InChI=1S/C13H15FO/c1-3-13(6-7-13)12(15)10-4-5-11(14)9(2)8-10/h4-5,8H,3,6-7H2,1-2H3. The number of Topliss-reactive ketones (excluding diaryl/α,β-unsaturated/α-hetero) is 1. The molecular formula is C13H15FO. The number of carbonyl (C=O) groups is 1. The van der Waals surface area contributed by atoms with Crippen LogP contribution >= 0.6 is 0 Å². The molecule has 0 saturated heterocycles. The normalized spacial score (nSPS) is 17.5. The van der Waals surface area contributed by atoms with Gasteiger partial charge in [-0.3, -0.25) is 4.79 Å². The maximum absolute atomic E-state index is 13.0. The van der Waals surface area contributed by atoms with Crippen molar-refractivity contribution in [2.45, 2.75) is 33.1 Å². The van der Waals surface area contributed by atoms with E-state index in [0.717, 1.165) is 19.3 Å². The number of rotatable bonds is 3. The number of halogens is 1. The molecular weight excluding hydrogens is 191 g/mol. The monoisotopic (exact) mass is 206 g/mol. The van der Waals surface area contributed by atoms with Gasteiger partial charge in [0.1, 0.15) is 5.82 Å². The number of hydrogen-bond acceptors (Lipinski definition) is 1. The van der Waals surface area contributed by atoms with Gasteiger partial charge in [0, 0.05) is 11.0 Å². The van der Waals surface area contributed by atoms with E-state index in [-0.39, 0.29) is 17.0 Å². The van der Waals surface area contributed by atoms with Gasteiger partial charge in [-0.05, 0) is 49.9 Å². The summed E-state index contributed by atoms with van der Waals surface area (Å²) in [5.41, 5.74) is 1.09. The van der Waals surface area contributed by atoms with Crippen molar-refractivity contribution < 1.29 is 9.18 Å². The second-order valence-electron chi connectivity index (χ2n) is 4.43. The minimum absolute atomic E-state index is 0.121. The minimum atomic E-state index is -0.243. The van der Waals surface area contributed by atoms with E-state index in [4.69, 9.17) is 0 Å². The Kier molecular flexibility index (Phi) is 2.37. The summed E-state index contributed by atoms with van der Waals surface area (Å²) in [4.78, 5) is 12.1. The van der Waals surface area contributed by atoms with Crippen molar-refractivity contribution in [2.24, 2.45) is 5.41 Å². The third-order valence-electron chi connectivity index (χ3n) is 3.43. The average Bonchev–Trinajstić information content (AvgIpc) is 3.02. The fourth-order valence-electron chi connectivity index (χ4n) is 1.98. The maximum atomic E-state index is 13.0. The largest absolute Gasteiger partial charge is 0.294 e. The molecule has 0 radical (unpaired) electrons. The summed E-state index contributed by atoms with van der Waals surface area (Å²) in [6.07, 6.45) is 2.86. The Bertz CT molecular complexity index is 405. The van der Waals surface area contributed by atoms with Gasteiger partial charge in [-0.1, -0.05) is 6.92 Å². The Morgan fingerprint density at radius 3 is 2.60 bits per heavy atom. The summed E-state index contributed by atoms with van der Waals surface area (Å²) in [6.45, 7) is 3.74. The Labute approximate surface area is 89.3 Å². The first-order valence-electron chi connectivity index (χ1n) is 5.40. The van der Waals surface area contributed by atoms with Gasteiger partial charge in [-0.25, -0.2) is 4.39 Å². The van der Waals surface area contributed by atoms with Crippen molar-refractivity contribution in [1.82, 2.24) is 0 Å². The van der Waals surface area contributed by atoms with Crippen LogP contribution in [0, 0.1) is 18.2 Å². The molecule has 1 aliphatic carbocycles. The summed E-state index contributed by atoms with van der Waals surface area (Å²) in [5.74, 6) is -0.0546. The summed E-state index contributed by atoms with van der Waals surface area (Å²) < 4.78 is 13.0. The smallest absolute Gasteiger partial charge is 0.169 e. The quantitative estimate of drug-likeness (QED) is 0.692. The van der Waals surface area contributed by atoms with Gasteiger partial charge in [0.25, 0.3) is 0 Å². The Morgan fingerprint density at radius 1 is 1.47 bits per heavy atom. The van der Waals surface area contributed by atoms with Crippen molar-refractivity contribution in [3.8, 4) is 0 Å². The summed E-state index contributed by atoms with van der Waals surface area (Å²) >= 11 is 0. The van der Waals surface area contributed by atoms with Gasteiger partial charge >= 0.3 is 0 Å². The summed E-state index contributed by atoms with van der Waals surface area (Å²) in [7, 11) is 0. The molecule has 0 bridgehead atoms. The van der Waals surface area contributed by atoms with Crippen LogP contribution < -0.4 is 0 Å². The zero-order chi connectivity index (χ0) is 11.1. The van der Waals surface area contributed by atoms with Crippen LogP contribution in [0.25, 0.3) is 0 Å². The van der Waals surface area contributed by atoms with Crippen LogP contribution in [0.15, 0.2) is 18.2 Å². The lowest BCUT2D eigenvalue weighted by molar-refractivity contribution is 0.0896. The highest BCUT2D eigenvalue weighted by Gasteiger charge is 2.47. The van der Waals surface area contributed by atoms with Crippen molar-refractivity contribution in [2.75, 3.05) is 0 Å². The van der Waals surface area contributed by atoms with E-state index in [1.54, 1.807) is 19.1 Å². The molecule has 80 valence electrons. The fourth-order valence-corrected chi connectivity index (χ4v) is 1.98. The van der Waals surface area contributed by atoms with Crippen molar-refractivity contribution in [3.05, 3.63) is 35.1 Å². The molecule has 0 atom stereocenters. The van der Waals surface area contributed by atoms with E-state index in [1.165, 1.54) is 6.07 Å². The van der Waals surface area contributed by atoms with Crippen LogP contribution in [0.5, 0.6) is 0 Å². The van der Waals surface area contributed by atoms with Crippen LogP contribution in [0.2, 0.25) is 0 Å². The van der Waals surface area contributed by atoms with Crippen molar-refractivity contribution >= 4 is 5.78 Å². The highest BCUT2D eigenvalue weighted by molar-refractivity contribution is 6.02. The molecule has 1 aromatic carbocycles. The highest BCUT2D eigenvalue weighted by atomic mass is 19.1. The van der Waals surface area contributed by atoms with Gasteiger partial charge in [-0.2, -0.15) is 0 Å². The lowest BCUT2D eigenvalue weighted by Gasteiger charge is -2.11. The average molecular weight is 206 g/mol. The lowest BCUT2D eigenvalue weighted by atomic mass is 9.91. The first kappa shape index (κ1) is 10.3. The van der Waals surface area contributed by atoms with Crippen molar-refractivity contribution in [1.29, 1.82) is 0 Å². The Hall–Kier alpha value is -1.18. The molecule has 1 fully saturated rings. The molecule has 0 spiro atoms. The third-order valence-corrected chi connectivity index (χ3v) is 3.43. The molecule has 1 saturated carbocycles. The van der Waals surface area contributed by atoms with E-state index in [9.17, 15) is 9.18 Å². The Balaban J connectivity index is 2.30. The maximum Gasteiger partial charge on any atom is 0.169 e. The van der Waals surface area contributed by atoms with Gasteiger partial charge in [0.15, 0.2) is 5.78 Å². The zero-order valence-electron chi connectivity index (χ0n) is 9.14. The van der Waals surface area contributed by atoms with E-state index in [2.05, 4.69) is 0 Å². The molecule has 1 aromatic rings. The molecule has 0 amide bonds. The topological polar surface area (TPSA) is 17.1 Å². The number of aryl methyl sites for hydroxylation is 1. The van der Waals surface area contributed by atoms with Crippen LogP contribution in [-0.2, 0) is 0 Å². The molecule has 1 nitrogen and oxygen atoms in total. The molecule has 2 heteroatoms. The molecule has 0 unspecified atom stereocenters. The molecule has 0 heterocycles. The first-order valence-corrected chi connectivity index (χ1v) is 5.40. The molecule has 2 rings (SSSR count). The molecule has 1 aliphatic rings. The number of carbonyl (C=O) groups excluding carboxylic acids is 1. The van der Waals surface area contributed by atoms with Crippen LogP contribution in [-0.4, -0.2) is 5.78 Å². The van der Waals surface area contributed by atoms with Gasteiger partial charge < -0.3 is 0 Å². The fraction of sp³-hybridized carbons (Fsp3) is 0.462. The first-order chi connectivity index (χ1) is 7.09. The summed E-state index contributed by atoms with van der Waals surface area (Å²) in [5, 5.41) is 0. The highest BCUT2D eigenvalue weighted by Crippen LogP contribution is 2.51. The number of benzene rings is 1. The van der Waals surface area contributed by atoms with E-state index >= 15 is 0 Å². The predicted molar refractivity (Wildman–Crippen MR) is 57.4 cm³/mol.